The summed E-state index contributed by atoms with van der Waals surface area (Å²) in [6.45, 7) is 0. The Kier molecular flexibility index (Phi) is 5.64. The predicted molar refractivity (Wildman–Crippen MR) is 95.9 cm³/mol. The maximum Gasteiger partial charge on any atom is 0.282 e. The van der Waals surface area contributed by atoms with E-state index in [-0.39, 0.29) is 16.4 Å². The van der Waals surface area contributed by atoms with Gasteiger partial charge in [-0.3, -0.25) is 20.2 Å². The van der Waals surface area contributed by atoms with Gasteiger partial charge in [-0.1, -0.05) is 39.7 Å². The number of halogens is 2. The number of para-hydroxylation sites is 1. The Hall–Kier alpha value is -2.03. The van der Waals surface area contributed by atoms with Gasteiger partial charge in [0.05, 0.1) is 15.6 Å². The highest BCUT2D eigenvalue weighted by Gasteiger charge is 2.20. The van der Waals surface area contributed by atoms with Crippen LogP contribution in [-0.2, 0) is 0 Å². The molecule has 0 heterocycles. The highest BCUT2D eigenvalue weighted by Crippen LogP contribution is 2.25. The molecule has 0 bridgehead atoms. The van der Waals surface area contributed by atoms with E-state index in [1.165, 1.54) is 24.3 Å². The van der Waals surface area contributed by atoms with Crippen LogP contribution in [0.5, 0.6) is 0 Å². The van der Waals surface area contributed by atoms with E-state index in [1.807, 2.05) is 0 Å². The normalized spacial score (nSPS) is 10.0. The van der Waals surface area contributed by atoms with Gasteiger partial charge in [-0.2, -0.15) is 0 Å². The fraction of sp³-hybridized carbons (Fsp3) is 0. The number of hydrogen-bond acceptors (Lipinski definition) is 4. The Bertz CT molecular complexity index is 801. The molecule has 0 fully saturated rings. The first-order valence-electron chi connectivity index (χ1n) is 6.19. The highest BCUT2D eigenvalue weighted by atomic mass is 79.9. The van der Waals surface area contributed by atoms with E-state index in [0.29, 0.717) is 10.7 Å². The largest absolute Gasteiger partial charge is 0.331 e. The molecule has 0 radical (unpaired) electrons. The lowest BCUT2D eigenvalue weighted by Crippen LogP contribution is -2.34. The van der Waals surface area contributed by atoms with E-state index in [2.05, 4.69) is 26.6 Å². The third-order valence-electron chi connectivity index (χ3n) is 2.75. The van der Waals surface area contributed by atoms with Crippen LogP contribution in [0.15, 0.2) is 46.9 Å². The smallest absolute Gasteiger partial charge is 0.282 e. The van der Waals surface area contributed by atoms with E-state index < -0.39 is 10.8 Å². The molecule has 2 aromatic rings. The average Bonchev–Trinajstić information content (AvgIpc) is 2.50. The van der Waals surface area contributed by atoms with Crippen LogP contribution >= 0.6 is 39.7 Å². The minimum Gasteiger partial charge on any atom is -0.331 e. The molecule has 23 heavy (non-hydrogen) atoms. The molecule has 0 aliphatic carbocycles. The Labute approximate surface area is 150 Å². The van der Waals surface area contributed by atoms with Crippen LogP contribution < -0.4 is 10.6 Å². The lowest BCUT2D eigenvalue weighted by molar-refractivity contribution is -0.385. The molecule has 9 heteroatoms. The van der Waals surface area contributed by atoms with Crippen molar-refractivity contribution in [1.29, 1.82) is 0 Å². The summed E-state index contributed by atoms with van der Waals surface area (Å²) in [5, 5.41) is 16.5. The number of amides is 1. The molecule has 0 aliphatic heterocycles. The molecule has 6 nitrogen and oxygen atoms in total. The number of anilines is 1. The number of rotatable bonds is 3. The molecular formula is C14H9BrClN3O3S. The van der Waals surface area contributed by atoms with E-state index in [9.17, 15) is 14.9 Å². The summed E-state index contributed by atoms with van der Waals surface area (Å²) in [5.74, 6) is -0.678. The predicted octanol–water partition coefficient (Wildman–Crippen LogP) is 4.14. The second-order valence-electron chi connectivity index (χ2n) is 4.31. The second-order valence-corrected chi connectivity index (χ2v) is 6.04. The number of nitro groups is 1. The Morgan fingerprint density at radius 2 is 1.96 bits per heavy atom. The van der Waals surface area contributed by atoms with Crippen LogP contribution in [0.4, 0.5) is 11.4 Å². The molecule has 0 unspecified atom stereocenters. The molecule has 1 amide bonds. The van der Waals surface area contributed by atoms with Gasteiger partial charge in [0.15, 0.2) is 5.11 Å². The fourth-order valence-corrected chi connectivity index (χ4v) is 2.66. The molecule has 0 aromatic heterocycles. The van der Waals surface area contributed by atoms with Crippen LogP contribution in [0.1, 0.15) is 10.4 Å². The zero-order chi connectivity index (χ0) is 17.0. The number of nitrogens with zero attached hydrogens (tertiary/aromatic N) is 1. The number of hydrogen-bond donors (Lipinski definition) is 2. The van der Waals surface area contributed by atoms with Gasteiger partial charge >= 0.3 is 0 Å². The van der Waals surface area contributed by atoms with Gasteiger partial charge in [0.25, 0.3) is 11.6 Å². The number of thiocarbonyl (C=S) groups is 1. The molecular weight excluding hydrogens is 406 g/mol. The van der Waals surface area contributed by atoms with E-state index in [1.54, 1.807) is 18.2 Å². The van der Waals surface area contributed by atoms with Crippen molar-refractivity contribution in [3.63, 3.8) is 0 Å². The van der Waals surface area contributed by atoms with Crippen LogP contribution in [0, 0.1) is 10.1 Å². The number of nitro benzene ring substituents is 1. The van der Waals surface area contributed by atoms with Crippen molar-refractivity contribution in [2.75, 3.05) is 5.32 Å². The maximum atomic E-state index is 12.1. The molecule has 0 saturated carbocycles. The minimum atomic E-state index is -0.678. The molecule has 0 atom stereocenters. The van der Waals surface area contributed by atoms with E-state index >= 15 is 0 Å². The summed E-state index contributed by atoms with van der Waals surface area (Å²) < 4.78 is 0.794. The zero-order valence-corrected chi connectivity index (χ0v) is 14.5. The monoisotopic (exact) mass is 413 g/mol. The molecule has 118 valence electrons. The van der Waals surface area contributed by atoms with Gasteiger partial charge in [-0.25, -0.2) is 0 Å². The van der Waals surface area contributed by atoms with Crippen molar-refractivity contribution in [2.45, 2.75) is 0 Å². The number of nitrogens with one attached hydrogen (secondary N) is 2. The van der Waals surface area contributed by atoms with Crippen LogP contribution in [0.3, 0.4) is 0 Å². The summed E-state index contributed by atoms with van der Waals surface area (Å²) in [5.41, 5.74) is 0.126. The molecule has 0 spiro atoms. The number of carbonyl (C=O) groups excluding carboxylic acids is 1. The van der Waals surface area contributed by atoms with Crippen molar-refractivity contribution in [1.82, 2.24) is 5.32 Å². The number of carbonyl (C=O) groups is 1. The topological polar surface area (TPSA) is 84.3 Å². The van der Waals surface area contributed by atoms with E-state index in [0.717, 1.165) is 4.47 Å². The van der Waals surface area contributed by atoms with E-state index in [4.69, 9.17) is 23.8 Å². The summed E-state index contributed by atoms with van der Waals surface area (Å²) in [6, 6.07) is 10.7. The lowest BCUT2D eigenvalue weighted by Gasteiger charge is -2.11. The standard InChI is InChI=1S/C14H9BrClN3O3S/c15-8-5-6-11(10(16)7-8)17-14(23)18-13(20)9-3-1-2-4-12(9)19(21)22/h1-7H,(H2,17,18,20,23). The fourth-order valence-electron chi connectivity index (χ4n) is 1.74. The zero-order valence-electron chi connectivity index (χ0n) is 11.4. The van der Waals surface area contributed by atoms with Crippen molar-refractivity contribution in [3.05, 3.63) is 67.6 Å². The minimum absolute atomic E-state index is 0.0163. The molecule has 0 saturated heterocycles. The third-order valence-corrected chi connectivity index (χ3v) is 3.76. The van der Waals surface area contributed by atoms with Crippen molar-refractivity contribution < 1.29 is 9.72 Å². The van der Waals surface area contributed by atoms with Crippen molar-refractivity contribution in [2.24, 2.45) is 0 Å². The van der Waals surface area contributed by atoms with Crippen molar-refractivity contribution in [3.8, 4) is 0 Å². The average molecular weight is 415 g/mol. The first-order chi connectivity index (χ1) is 10.9. The van der Waals surface area contributed by atoms with Gasteiger partial charge in [0.1, 0.15) is 5.56 Å². The summed E-state index contributed by atoms with van der Waals surface area (Å²) in [6.07, 6.45) is 0. The van der Waals surface area contributed by atoms with Gasteiger partial charge in [0, 0.05) is 10.5 Å². The first kappa shape index (κ1) is 17.3. The lowest BCUT2D eigenvalue weighted by atomic mass is 10.1. The first-order valence-corrected chi connectivity index (χ1v) is 7.77. The Balaban J connectivity index is 2.11. The number of benzene rings is 2. The third kappa shape index (κ3) is 4.47. The van der Waals surface area contributed by atoms with Gasteiger partial charge < -0.3 is 5.32 Å². The molecule has 2 aromatic carbocycles. The highest BCUT2D eigenvalue weighted by molar-refractivity contribution is 9.10. The SMILES string of the molecule is O=C(NC(=S)Nc1ccc(Br)cc1Cl)c1ccccc1[N+](=O)[O-]. The Morgan fingerprint density at radius 3 is 2.61 bits per heavy atom. The molecule has 2 N–H and O–H groups in total. The quantitative estimate of drug-likeness (QED) is 0.448. The molecule has 2 rings (SSSR count). The second kappa shape index (κ2) is 7.49. The summed E-state index contributed by atoms with van der Waals surface area (Å²) in [4.78, 5) is 22.4. The van der Waals surface area contributed by atoms with Gasteiger partial charge in [-0.05, 0) is 36.5 Å². The van der Waals surface area contributed by atoms with Crippen LogP contribution in [0.2, 0.25) is 5.02 Å². The maximum absolute atomic E-state index is 12.1. The van der Waals surface area contributed by atoms with Gasteiger partial charge in [-0.15, -0.1) is 0 Å². The molecule has 0 aliphatic rings. The summed E-state index contributed by atoms with van der Waals surface area (Å²) >= 11 is 14.3. The van der Waals surface area contributed by atoms with Crippen molar-refractivity contribution >= 4 is 62.1 Å². The van der Waals surface area contributed by atoms with Crippen LogP contribution in [-0.4, -0.2) is 15.9 Å². The summed E-state index contributed by atoms with van der Waals surface area (Å²) in [7, 11) is 0. The van der Waals surface area contributed by atoms with Crippen LogP contribution in [0.25, 0.3) is 0 Å². The Morgan fingerprint density at radius 1 is 1.26 bits per heavy atom. The van der Waals surface area contributed by atoms with Gasteiger partial charge in [0.2, 0.25) is 0 Å².